The Hall–Kier alpha value is -1.91. The highest BCUT2D eigenvalue weighted by Crippen LogP contribution is 2.39. The average molecular weight is 428 g/mol. The van der Waals surface area contributed by atoms with Gasteiger partial charge in [0.1, 0.15) is 0 Å². The summed E-state index contributed by atoms with van der Waals surface area (Å²) in [6.07, 6.45) is 3.08. The summed E-state index contributed by atoms with van der Waals surface area (Å²) < 4.78 is 44.4. The Morgan fingerprint density at radius 3 is 2.43 bits per heavy atom. The maximum absolute atomic E-state index is 12.0. The number of hydrogen-bond donors (Lipinski definition) is 0. The third-order valence-corrected chi connectivity index (χ3v) is 7.39. The van der Waals surface area contributed by atoms with Crippen molar-refractivity contribution in [3.8, 4) is 17.2 Å². The molecule has 1 aromatic carbocycles. The molecule has 0 bridgehead atoms. The van der Waals surface area contributed by atoms with Crippen molar-refractivity contribution in [3.05, 3.63) is 23.4 Å². The summed E-state index contributed by atoms with van der Waals surface area (Å²) in [5.41, 5.74) is 1.64. The number of rotatable bonds is 7. The normalized spacial score (nSPS) is 18.1. The van der Waals surface area contributed by atoms with Gasteiger partial charge in [-0.3, -0.25) is 4.90 Å². The van der Waals surface area contributed by atoms with Crippen molar-refractivity contribution in [2.45, 2.75) is 29.5 Å². The molecule has 1 fully saturated rings. The number of methoxy groups -OCH3 is 3. The van der Waals surface area contributed by atoms with E-state index in [2.05, 4.69) is 14.5 Å². The second-order valence-corrected chi connectivity index (χ2v) is 9.79. The number of nitrogens with zero attached hydrogens (tertiary/aromatic N) is 3. The van der Waals surface area contributed by atoms with Crippen LogP contribution in [-0.2, 0) is 16.4 Å². The fourth-order valence-corrected chi connectivity index (χ4v) is 5.34. The lowest BCUT2D eigenvalue weighted by molar-refractivity contribution is 0.197. The Kier molecular flexibility index (Phi) is 6.41. The molecule has 2 heterocycles. The topological polar surface area (TPSA) is 90.9 Å². The van der Waals surface area contributed by atoms with E-state index >= 15 is 0 Å². The Balaban J connectivity index is 1.80. The number of sulfone groups is 1. The molecule has 1 aromatic heterocycles. The van der Waals surface area contributed by atoms with E-state index in [1.807, 2.05) is 12.1 Å². The van der Waals surface area contributed by atoms with Gasteiger partial charge in [0.05, 0.1) is 27.0 Å². The smallest absolute Gasteiger partial charge is 0.203 e. The number of likely N-dealkylation sites (tertiary alicyclic amines) is 1. The predicted octanol–water partition coefficient (Wildman–Crippen LogP) is 2.35. The van der Waals surface area contributed by atoms with E-state index < -0.39 is 9.84 Å². The van der Waals surface area contributed by atoms with Crippen LogP contribution in [0.1, 0.15) is 30.0 Å². The molecule has 154 valence electrons. The van der Waals surface area contributed by atoms with Gasteiger partial charge in [-0.05, 0) is 37.1 Å². The van der Waals surface area contributed by atoms with E-state index in [0.717, 1.165) is 43.0 Å². The average Bonchev–Trinajstić information content (AvgIpc) is 3.18. The summed E-state index contributed by atoms with van der Waals surface area (Å²) in [4.78, 5) is 2.29. The highest BCUT2D eigenvalue weighted by atomic mass is 32.2. The lowest BCUT2D eigenvalue weighted by atomic mass is 9.95. The molecule has 1 aliphatic heterocycles. The minimum absolute atomic E-state index is 0.0549. The van der Waals surface area contributed by atoms with Crippen molar-refractivity contribution in [2.24, 2.45) is 0 Å². The van der Waals surface area contributed by atoms with Crippen LogP contribution in [0.25, 0.3) is 0 Å². The summed E-state index contributed by atoms with van der Waals surface area (Å²) in [5, 5.41) is 4.13. The van der Waals surface area contributed by atoms with Crippen molar-refractivity contribution in [3.63, 3.8) is 0 Å². The third kappa shape index (κ3) is 4.39. The molecule has 0 radical (unpaired) electrons. The van der Waals surface area contributed by atoms with E-state index in [4.69, 9.17) is 14.2 Å². The molecule has 0 spiro atoms. The summed E-state index contributed by atoms with van der Waals surface area (Å²) in [7, 11) is 1.46. The number of piperidine rings is 1. The van der Waals surface area contributed by atoms with E-state index in [1.54, 1.807) is 21.3 Å². The summed E-state index contributed by atoms with van der Waals surface area (Å²) in [6.45, 7) is 2.35. The SMILES string of the molecule is COc1cc(CN2CCC[C@H](c3nnsc3S(C)(=O)=O)C2)cc(OC)c1OC. The minimum atomic E-state index is -3.31. The Morgan fingerprint density at radius 2 is 1.86 bits per heavy atom. The molecule has 1 saturated heterocycles. The first-order valence-electron chi connectivity index (χ1n) is 8.91. The highest BCUT2D eigenvalue weighted by molar-refractivity contribution is 7.92. The van der Waals surface area contributed by atoms with Crippen molar-refractivity contribution in [1.29, 1.82) is 0 Å². The van der Waals surface area contributed by atoms with Gasteiger partial charge in [-0.1, -0.05) is 4.49 Å². The first-order valence-corrected chi connectivity index (χ1v) is 11.6. The lowest BCUT2D eigenvalue weighted by Crippen LogP contribution is -2.34. The molecule has 0 unspecified atom stereocenters. The van der Waals surface area contributed by atoms with Crippen molar-refractivity contribution >= 4 is 21.4 Å². The van der Waals surface area contributed by atoms with E-state index in [0.29, 0.717) is 29.5 Å². The molecule has 2 aromatic rings. The van der Waals surface area contributed by atoms with Gasteiger partial charge in [-0.25, -0.2) is 8.42 Å². The molecule has 1 aliphatic rings. The van der Waals surface area contributed by atoms with Gasteiger partial charge < -0.3 is 14.2 Å². The monoisotopic (exact) mass is 427 g/mol. The van der Waals surface area contributed by atoms with E-state index in [1.165, 1.54) is 6.26 Å². The zero-order valence-electron chi connectivity index (χ0n) is 16.5. The molecule has 28 heavy (non-hydrogen) atoms. The quantitative estimate of drug-likeness (QED) is 0.665. The first kappa shape index (κ1) is 20.8. The minimum Gasteiger partial charge on any atom is -0.493 e. The van der Waals surface area contributed by atoms with E-state index in [9.17, 15) is 8.42 Å². The molecule has 3 rings (SSSR count). The standard InChI is InChI=1S/C18H25N3O5S2/c1-24-14-8-12(9-15(25-2)17(14)26-3)10-21-7-5-6-13(11-21)16-18(27-20-19-16)28(4,22)23/h8-9,13H,5-7,10-11H2,1-4H3/t13-/m0/s1. The summed E-state index contributed by atoms with van der Waals surface area (Å²) in [5.74, 6) is 1.86. The zero-order valence-corrected chi connectivity index (χ0v) is 18.1. The highest BCUT2D eigenvalue weighted by Gasteiger charge is 2.29. The second-order valence-electron chi connectivity index (χ2n) is 6.83. The van der Waals surface area contributed by atoms with Crippen LogP contribution in [0.2, 0.25) is 0 Å². The second kappa shape index (κ2) is 8.62. The Labute approximate surface area is 169 Å². The van der Waals surface area contributed by atoms with Gasteiger partial charge >= 0.3 is 0 Å². The lowest BCUT2D eigenvalue weighted by Gasteiger charge is -2.32. The summed E-state index contributed by atoms with van der Waals surface area (Å²) >= 11 is 0.955. The largest absolute Gasteiger partial charge is 0.493 e. The van der Waals surface area contributed by atoms with Crippen LogP contribution in [0.3, 0.4) is 0 Å². The van der Waals surface area contributed by atoms with Crippen LogP contribution in [0.5, 0.6) is 17.2 Å². The van der Waals surface area contributed by atoms with Crippen molar-refractivity contribution in [1.82, 2.24) is 14.5 Å². The molecule has 8 nitrogen and oxygen atoms in total. The molecular formula is C18H25N3O5S2. The van der Waals surface area contributed by atoms with Crippen LogP contribution < -0.4 is 14.2 Å². The fourth-order valence-electron chi connectivity index (χ4n) is 3.60. The Bertz CT molecular complexity index is 904. The van der Waals surface area contributed by atoms with Crippen LogP contribution in [0, 0.1) is 0 Å². The predicted molar refractivity (Wildman–Crippen MR) is 106 cm³/mol. The van der Waals surface area contributed by atoms with Crippen molar-refractivity contribution in [2.75, 3.05) is 40.7 Å². The molecule has 10 heteroatoms. The van der Waals surface area contributed by atoms with Gasteiger partial charge in [0, 0.05) is 36.8 Å². The van der Waals surface area contributed by atoms with Crippen LogP contribution >= 0.6 is 11.5 Å². The fraction of sp³-hybridized carbons (Fsp3) is 0.556. The number of ether oxygens (including phenoxy) is 3. The van der Waals surface area contributed by atoms with Gasteiger partial charge in [0.25, 0.3) is 0 Å². The van der Waals surface area contributed by atoms with Crippen LogP contribution in [-0.4, -0.2) is 63.6 Å². The van der Waals surface area contributed by atoms with Crippen LogP contribution in [0.15, 0.2) is 16.3 Å². The zero-order chi connectivity index (χ0) is 20.3. The molecule has 0 aliphatic carbocycles. The van der Waals surface area contributed by atoms with Gasteiger partial charge in [-0.15, -0.1) is 5.10 Å². The molecule has 1 atom stereocenters. The van der Waals surface area contributed by atoms with Gasteiger partial charge in [-0.2, -0.15) is 0 Å². The van der Waals surface area contributed by atoms with Crippen molar-refractivity contribution < 1.29 is 22.6 Å². The maximum atomic E-state index is 12.0. The first-order chi connectivity index (χ1) is 13.4. The number of hydrogen-bond acceptors (Lipinski definition) is 9. The van der Waals surface area contributed by atoms with Gasteiger partial charge in [0.2, 0.25) is 5.75 Å². The maximum Gasteiger partial charge on any atom is 0.203 e. The Morgan fingerprint density at radius 1 is 1.18 bits per heavy atom. The molecule has 0 N–H and O–H groups in total. The molecule has 0 saturated carbocycles. The van der Waals surface area contributed by atoms with Gasteiger partial charge in [0.15, 0.2) is 25.5 Å². The molecular weight excluding hydrogens is 402 g/mol. The summed E-state index contributed by atoms with van der Waals surface area (Å²) in [6, 6.07) is 3.88. The number of benzene rings is 1. The van der Waals surface area contributed by atoms with E-state index in [-0.39, 0.29) is 10.1 Å². The third-order valence-electron chi connectivity index (χ3n) is 4.84. The number of aromatic nitrogens is 2. The van der Waals surface area contributed by atoms with Crippen LogP contribution in [0.4, 0.5) is 0 Å². The molecule has 0 amide bonds.